The van der Waals surface area contributed by atoms with Gasteiger partial charge in [-0.15, -0.1) is 11.3 Å². The summed E-state index contributed by atoms with van der Waals surface area (Å²) in [7, 11) is 0. The van der Waals surface area contributed by atoms with Crippen LogP contribution in [0.15, 0.2) is 6.07 Å². The molecule has 5 nitrogen and oxygen atoms in total. The molecule has 0 aromatic carbocycles. The zero-order valence-electron chi connectivity index (χ0n) is 11.1. The van der Waals surface area contributed by atoms with Crippen LogP contribution in [0.25, 0.3) is 0 Å². The number of hydrogen-bond donors (Lipinski definition) is 2. The summed E-state index contributed by atoms with van der Waals surface area (Å²) in [5.74, 6) is -0.817. The van der Waals surface area contributed by atoms with Crippen molar-refractivity contribution in [1.29, 1.82) is 0 Å². The summed E-state index contributed by atoms with van der Waals surface area (Å²) in [6, 6.07) is 1.61. The molecular weight excluding hydrogens is 264 g/mol. The number of carbonyl (C=O) groups is 2. The molecule has 1 saturated heterocycles. The maximum absolute atomic E-state index is 11.8. The van der Waals surface area contributed by atoms with E-state index in [9.17, 15) is 9.59 Å². The van der Waals surface area contributed by atoms with Crippen molar-refractivity contribution in [3.63, 3.8) is 0 Å². The molecule has 0 aliphatic carbocycles. The van der Waals surface area contributed by atoms with E-state index in [1.54, 1.807) is 6.07 Å². The minimum Gasteiger partial charge on any atom is -0.477 e. The summed E-state index contributed by atoms with van der Waals surface area (Å²) in [5, 5.41) is 11.9. The topological polar surface area (TPSA) is 69.6 Å². The summed E-state index contributed by atoms with van der Waals surface area (Å²) < 4.78 is 0. The Labute approximate surface area is 116 Å². The Balaban J connectivity index is 2.15. The Morgan fingerprint density at radius 1 is 1.63 bits per heavy atom. The molecule has 19 heavy (non-hydrogen) atoms. The maximum atomic E-state index is 11.8. The highest BCUT2D eigenvalue weighted by Gasteiger charge is 2.28. The third kappa shape index (κ3) is 2.96. The highest BCUT2D eigenvalue weighted by molar-refractivity contribution is 7.14. The minimum atomic E-state index is -0.886. The molecular formula is C13H18N2O3S. The normalized spacial score (nSPS) is 20.3. The largest absolute Gasteiger partial charge is 0.477 e. The molecule has 1 amide bonds. The first-order chi connectivity index (χ1) is 9.02. The van der Waals surface area contributed by atoms with E-state index in [0.717, 1.165) is 23.4 Å². The van der Waals surface area contributed by atoms with Gasteiger partial charge >= 0.3 is 5.97 Å². The van der Waals surface area contributed by atoms with Crippen molar-refractivity contribution in [2.75, 3.05) is 13.1 Å². The van der Waals surface area contributed by atoms with E-state index < -0.39 is 5.97 Å². The number of thiophene rings is 1. The van der Waals surface area contributed by atoms with Crippen LogP contribution in [-0.2, 0) is 11.3 Å². The molecule has 1 fully saturated rings. The highest BCUT2D eigenvalue weighted by atomic mass is 32.1. The van der Waals surface area contributed by atoms with Gasteiger partial charge in [-0.1, -0.05) is 6.92 Å². The quantitative estimate of drug-likeness (QED) is 0.877. The standard InChI is InChI=1S/C13H18N2O3S/c1-3-10-12(16)14-4-5-15(10)7-9-6-11(13(17)18)19-8(9)2/h6,10H,3-5,7H2,1-2H3,(H,14,16)(H,17,18). The van der Waals surface area contributed by atoms with Crippen LogP contribution < -0.4 is 5.32 Å². The summed E-state index contributed by atoms with van der Waals surface area (Å²) in [4.78, 5) is 26.2. The average molecular weight is 282 g/mol. The number of carbonyl (C=O) groups excluding carboxylic acids is 1. The zero-order chi connectivity index (χ0) is 14.0. The Morgan fingerprint density at radius 3 is 2.95 bits per heavy atom. The fourth-order valence-corrected chi connectivity index (χ4v) is 3.27. The Kier molecular flexibility index (Phi) is 4.21. The third-order valence-corrected chi connectivity index (χ3v) is 4.51. The predicted octanol–water partition coefficient (Wildman–Crippen LogP) is 1.47. The highest BCUT2D eigenvalue weighted by Crippen LogP contribution is 2.24. The number of hydrogen-bond acceptors (Lipinski definition) is 4. The van der Waals surface area contributed by atoms with Gasteiger partial charge in [0.25, 0.3) is 0 Å². The first-order valence-electron chi connectivity index (χ1n) is 6.37. The molecule has 0 spiro atoms. The van der Waals surface area contributed by atoms with Gasteiger partial charge in [-0.3, -0.25) is 9.69 Å². The van der Waals surface area contributed by atoms with Crippen LogP contribution >= 0.6 is 11.3 Å². The number of aryl methyl sites for hydroxylation is 1. The van der Waals surface area contributed by atoms with E-state index in [0.29, 0.717) is 18.0 Å². The molecule has 2 rings (SSSR count). The lowest BCUT2D eigenvalue weighted by molar-refractivity contribution is -0.129. The van der Waals surface area contributed by atoms with Crippen molar-refractivity contribution in [1.82, 2.24) is 10.2 Å². The molecule has 1 aromatic rings. The molecule has 1 unspecified atom stereocenters. The van der Waals surface area contributed by atoms with Crippen LogP contribution in [0.2, 0.25) is 0 Å². The molecule has 1 aliphatic heterocycles. The third-order valence-electron chi connectivity index (χ3n) is 3.43. The second kappa shape index (κ2) is 5.71. The van der Waals surface area contributed by atoms with Crippen molar-refractivity contribution < 1.29 is 14.7 Å². The summed E-state index contributed by atoms with van der Waals surface area (Å²) >= 11 is 1.29. The van der Waals surface area contributed by atoms with E-state index in [-0.39, 0.29) is 11.9 Å². The number of carboxylic acid groups (broad SMARTS) is 1. The molecule has 1 aliphatic rings. The number of carboxylic acids is 1. The SMILES string of the molecule is CCC1C(=O)NCCN1Cc1cc(C(=O)O)sc1C. The van der Waals surface area contributed by atoms with Crippen molar-refractivity contribution in [3.8, 4) is 0 Å². The lowest BCUT2D eigenvalue weighted by atomic mass is 10.1. The number of nitrogens with zero attached hydrogens (tertiary/aromatic N) is 1. The Bertz CT molecular complexity index is 498. The number of aromatic carboxylic acids is 1. The van der Waals surface area contributed by atoms with Gasteiger partial charge in [0.1, 0.15) is 4.88 Å². The fourth-order valence-electron chi connectivity index (χ4n) is 2.40. The summed E-state index contributed by atoms with van der Waals surface area (Å²) in [5.41, 5.74) is 1.01. The van der Waals surface area contributed by atoms with Gasteiger partial charge < -0.3 is 10.4 Å². The number of nitrogens with one attached hydrogen (secondary N) is 1. The van der Waals surface area contributed by atoms with Crippen LogP contribution in [0.1, 0.15) is 33.5 Å². The maximum Gasteiger partial charge on any atom is 0.345 e. The van der Waals surface area contributed by atoms with E-state index in [4.69, 9.17) is 5.11 Å². The lowest BCUT2D eigenvalue weighted by Crippen LogP contribution is -2.54. The van der Waals surface area contributed by atoms with Crippen molar-refractivity contribution in [3.05, 3.63) is 21.4 Å². The molecule has 2 heterocycles. The van der Waals surface area contributed by atoms with E-state index in [2.05, 4.69) is 10.2 Å². The predicted molar refractivity (Wildman–Crippen MR) is 73.5 cm³/mol. The summed E-state index contributed by atoms with van der Waals surface area (Å²) in [6.45, 7) is 6.02. The van der Waals surface area contributed by atoms with E-state index in [1.165, 1.54) is 11.3 Å². The van der Waals surface area contributed by atoms with Crippen molar-refractivity contribution in [2.24, 2.45) is 0 Å². The molecule has 0 radical (unpaired) electrons. The molecule has 0 saturated carbocycles. The molecule has 1 atom stereocenters. The van der Waals surface area contributed by atoms with Crippen LogP contribution in [0.4, 0.5) is 0 Å². The monoisotopic (exact) mass is 282 g/mol. The van der Waals surface area contributed by atoms with Crippen molar-refractivity contribution >= 4 is 23.2 Å². The van der Waals surface area contributed by atoms with Crippen LogP contribution in [-0.4, -0.2) is 41.0 Å². The molecule has 0 bridgehead atoms. The molecule has 2 N–H and O–H groups in total. The van der Waals surface area contributed by atoms with Crippen LogP contribution in [0, 0.1) is 6.92 Å². The smallest absolute Gasteiger partial charge is 0.345 e. The van der Waals surface area contributed by atoms with Crippen LogP contribution in [0.3, 0.4) is 0 Å². The van der Waals surface area contributed by atoms with Gasteiger partial charge in [-0.05, 0) is 25.0 Å². The van der Waals surface area contributed by atoms with E-state index >= 15 is 0 Å². The van der Waals surface area contributed by atoms with Gasteiger partial charge in [0.15, 0.2) is 0 Å². The zero-order valence-corrected chi connectivity index (χ0v) is 11.9. The Morgan fingerprint density at radius 2 is 2.37 bits per heavy atom. The number of rotatable bonds is 4. The van der Waals surface area contributed by atoms with Gasteiger partial charge in [0.05, 0.1) is 6.04 Å². The second-order valence-electron chi connectivity index (χ2n) is 4.68. The first-order valence-corrected chi connectivity index (χ1v) is 7.19. The number of piperazine rings is 1. The lowest BCUT2D eigenvalue weighted by Gasteiger charge is -2.34. The second-order valence-corrected chi connectivity index (χ2v) is 5.94. The first kappa shape index (κ1) is 14.0. The molecule has 6 heteroatoms. The van der Waals surface area contributed by atoms with Gasteiger partial charge in [-0.25, -0.2) is 4.79 Å². The van der Waals surface area contributed by atoms with E-state index in [1.807, 2.05) is 13.8 Å². The van der Waals surface area contributed by atoms with Gasteiger partial charge in [0.2, 0.25) is 5.91 Å². The molecule has 104 valence electrons. The molecule has 1 aromatic heterocycles. The van der Waals surface area contributed by atoms with Crippen molar-refractivity contribution in [2.45, 2.75) is 32.9 Å². The average Bonchev–Trinajstić information content (AvgIpc) is 2.72. The van der Waals surface area contributed by atoms with Crippen LogP contribution in [0.5, 0.6) is 0 Å². The van der Waals surface area contributed by atoms with Gasteiger partial charge in [0, 0.05) is 24.5 Å². The van der Waals surface area contributed by atoms with Gasteiger partial charge in [-0.2, -0.15) is 0 Å². The summed E-state index contributed by atoms with van der Waals surface area (Å²) in [6.07, 6.45) is 0.765. The number of amides is 1. The fraction of sp³-hybridized carbons (Fsp3) is 0.538. The minimum absolute atomic E-state index is 0.0695. The Hall–Kier alpha value is -1.40.